The number of aromatic amines is 2. The number of benzene rings is 3. The Balaban J connectivity index is 1.32. The van der Waals surface area contributed by atoms with E-state index in [4.69, 9.17) is 16.9 Å². The summed E-state index contributed by atoms with van der Waals surface area (Å²) in [6.07, 6.45) is 1.86. The summed E-state index contributed by atoms with van der Waals surface area (Å²) in [6, 6.07) is 12.2. The van der Waals surface area contributed by atoms with Crippen molar-refractivity contribution >= 4 is 106 Å². The van der Waals surface area contributed by atoms with Crippen molar-refractivity contribution in [2.24, 2.45) is 17.4 Å². The van der Waals surface area contributed by atoms with Crippen molar-refractivity contribution in [1.29, 1.82) is 5.41 Å². The van der Waals surface area contributed by atoms with Crippen LogP contribution in [0.15, 0.2) is 97.6 Å². The number of guanidine groups is 1. The van der Waals surface area contributed by atoms with Gasteiger partial charge in [0.15, 0.2) is 5.96 Å². The lowest BCUT2D eigenvalue weighted by Crippen LogP contribution is -2.60. The Morgan fingerprint density at radius 3 is 1.59 bits per heavy atom. The average molecular weight is 1400 g/mol. The molecule has 36 heteroatoms. The number of rotatable bonds is 18. The number of carbonyl (C=O) groups is 15. The number of hydrogen-bond donors (Lipinski definition) is 20. The second kappa shape index (κ2) is 39.2. The summed E-state index contributed by atoms with van der Waals surface area (Å²) in [5.41, 5.74) is 14.3. The predicted molar refractivity (Wildman–Crippen MR) is 361 cm³/mol. The Hall–Kier alpha value is -12.3. The molecular formula is C65H84N20O16. The van der Waals surface area contributed by atoms with Gasteiger partial charge in [-0.15, -0.1) is 0 Å². The van der Waals surface area contributed by atoms with E-state index in [2.05, 4.69) is 89.4 Å². The predicted octanol–water partition coefficient (Wildman–Crippen LogP) is -5.26. The fraction of sp³-hybridized carbons (Fsp3) is 0.400. The molecule has 22 N–H and O–H groups in total. The van der Waals surface area contributed by atoms with Crippen LogP contribution < -0.4 is 85.9 Å². The Morgan fingerprint density at radius 1 is 0.535 bits per heavy atom. The standard InChI is InChI=1S/C65H84N20O16/c1-3-35(2)57-64(101)82-44(19-20-49(66)86)59(96)76-30-52(89)74-31-53(90)79-43(14-9-21-70-65(67)68)58(95)75-29-51(88)72-28-50(87)73-32-54(91)81-48(25-56(93)94)62(99)84-46(23-39-26-71-42-13-8-7-12-41(39)42)61(98)83-45(22-36-15-17-38(18-16-36)37-10-5-4-6-11-37)60(97)77-33-55(92)80-47(63(100)85-57)24-40-27-69-34-78-40/h4-8,10-13,15-18,26-27,34-35,43-48,57,71H,3,9,14,19-25,28-33H2,1-2H3,(H2,66,86)(H,69,78)(H,72,88)(H,73,87)(H,74,89)(H,75,95)(H,76,96)(H,77,97)(H,79,90)(H,80,92)(H,81,91)(H,82,101)(H,83,98)(H,84,99)(H,85,100)(H,93,94)(H4,67,68,70)/t35-,43+,44+,45+,46+,47+,48+,57+/m1/s1. The van der Waals surface area contributed by atoms with Crippen molar-refractivity contribution in [2.45, 2.75) is 114 Å². The molecular weight excluding hydrogens is 1320 g/mol. The monoisotopic (exact) mass is 1400 g/mol. The van der Waals surface area contributed by atoms with Crippen LogP contribution in [-0.4, -0.2) is 203 Å². The van der Waals surface area contributed by atoms with Gasteiger partial charge in [-0.25, -0.2) is 4.98 Å². The van der Waals surface area contributed by atoms with Crippen LogP contribution in [0.25, 0.3) is 22.0 Å². The van der Waals surface area contributed by atoms with Crippen LogP contribution in [-0.2, 0) is 91.2 Å². The van der Waals surface area contributed by atoms with Gasteiger partial charge in [-0.1, -0.05) is 93.1 Å². The van der Waals surface area contributed by atoms with E-state index in [1.54, 1.807) is 68.6 Å². The first kappa shape index (κ1) is 77.7. The molecule has 8 atom stereocenters. The van der Waals surface area contributed by atoms with Crippen molar-refractivity contribution in [3.63, 3.8) is 0 Å². The number of aromatic nitrogens is 3. The number of carboxylic acids is 1. The van der Waals surface area contributed by atoms with Crippen molar-refractivity contribution < 1.29 is 77.0 Å². The normalized spacial score (nSPS) is 21.1. The molecule has 14 amide bonds. The smallest absolute Gasteiger partial charge is 0.305 e. The maximum atomic E-state index is 14.9. The fourth-order valence-corrected chi connectivity index (χ4v) is 10.3. The topological polar surface area (TPSA) is 565 Å². The largest absolute Gasteiger partial charge is 0.481 e. The maximum absolute atomic E-state index is 14.9. The molecule has 0 aliphatic carbocycles. The second-order valence-electron chi connectivity index (χ2n) is 23.6. The van der Waals surface area contributed by atoms with Gasteiger partial charge < -0.3 is 101 Å². The van der Waals surface area contributed by atoms with E-state index in [1.165, 1.54) is 12.5 Å². The summed E-state index contributed by atoms with van der Waals surface area (Å²) in [6.45, 7) is -1.45. The minimum Gasteiger partial charge on any atom is -0.481 e. The van der Waals surface area contributed by atoms with E-state index in [9.17, 15) is 77.0 Å². The Kier molecular flexibility index (Phi) is 30.2. The number of carboxylic acid groups (broad SMARTS) is 1. The van der Waals surface area contributed by atoms with Gasteiger partial charge in [-0.05, 0) is 53.5 Å². The molecule has 3 heterocycles. The first-order valence-electron chi connectivity index (χ1n) is 32.2. The van der Waals surface area contributed by atoms with Crippen molar-refractivity contribution in [3.8, 4) is 11.1 Å². The summed E-state index contributed by atoms with van der Waals surface area (Å²) < 4.78 is 0. The van der Waals surface area contributed by atoms with E-state index in [0.717, 1.165) is 11.1 Å². The number of nitrogens with zero attached hydrogens (tertiary/aromatic N) is 1. The minimum atomic E-state index is -1.90. The molecule has 0 unspecified atom stereocenters. The van der Waals surface area contributed by atoms with E-state index in [1.807, 2.05) is 30.3 Å². The SMILES string of the molecule is CC[C@@H](C)[C@@H]1NC(=O)[C@H](Cc2c[nH]cn2)NC(=O)CNC(=O)[C@H](Cc2ccc(-c3ccccc3)cc2)NC(=O)[C@H](Cc2c[nH]c3ccccc23)NC(=O)[C@H](CC(=O)O)NC(=O)CNC(=O)CNC(=O)CNC(=O)[C@H](CCCNC(=N)N)NC(=O)CNC(=O)CNC(=O)[C@H](CCC(N)=O)NC1=O. The Labute approximate surface area is 578 Å². The summed E-state index contributed by atoms with van der Waals surface area (Å²) in [5, 5.41) is 51.9. The van der Waals surface area contributed by atoms with Gasteiger partial charge in [0, 0.05) is 55.5 Å². The molecule has 0 bridgehead atoms. The van der Waals surface area contributed by atoms with Crippen LogP contribution in [0.4, 0.5) is 0 Å². The molecule has 1 aliphatic rings. The van der Waals surface area contributed by atoms with Crippen LogP contribution in [0, 0.1) is 11.3 Å². The highest BCUT2D eigenvalue weighted by atomic mass is 16.4. The molecule has 1 fully saturated rings. The lowest BCUT2D eigenvalue weighted by atomic mass is 9.96. The number of aliphatic carboxylic acids is 1. The molecule has 0 saturated carbocycles. The zero-order valence-electron chi connectivity index (χ0n) is 55.3. The molecule has 0 radical (unpaired) electrons. The number of nitrogens with two attached hydrogens (primary N) is 2. The zero-order valence-corrected chi connectivity index (χ0v) is 55.3. The van der Waals surface area contributed by atoms with Gasteiger partial charge in [-0.2, -0.15) is 0 Å². The van der Waals surface area contributed by atoms with Gasteiger partial charge in [-0.3, -0.25) is 77.3 Å². The third-order valence-corrected chi connectivity index (χ3v) is 15.9. The van der Waals surface area contributed by atoms with E-state index < -0.39 is 201 Å². The second-order valence-corrected chi connectivity index (χ2v) is 23.6. The van der Waals surface area contributed by atoms with Crippen molar-refractivity contribution in [1.82, 2.24) is 89.4 Å². The third-order valence-electron chi connectivity index (χ3n) is 15.9. The highest BCUT2D eigenvalue weighted by Crippen LogP contribution is 2.22. The molecule has 2 aromatic heterocycles. The Bertz CT molecular complexity index is 3790. The molecule has 36 nitrogen and oxygen atoms in total. The first-order chi connectivity index (χ1) is 48.2. The average Bonchev–Trinajstić information content (AvgIpc) is 1.74. The van der Waals surface area contributed by atoms with Gasteiger partial charge in [0.25, 0.3) is 0 Å². The van der Waals surface area contributed by atoms with Gasteiger partial charge >= 0.3 is 5.97 Å². The van der Waals surface area contributed by atoms with Gasteiger partial charge in [0.2, 0.25) is 82.7 Å². The lowest BCUT2D eigenvalue weighted by Gasteiger charge is -2.28. The zero-order chi connectivity index (χ0) is 73.5. The molecule has 5 aromatic rings. The number of hydrogen-bond acceptors (Lipinski definition) is 17. The van der Waals surface area contributed by atoms with Crippen LogP contribution in [0.3, 0.4) is 0 Å². The molecule has 3 aromatic carbocycles. The third kappa shape index (κ3) is 26.2. The van der Waals surface area contributed by atoms with Crippen LogP contribution in [0.5, 0.6) is 0 Å². The number of fused-ring (bicyclic) bond motifs is 1. The summed E-state index contributed by atoms with van der Waals surface area (Å²) in [5.74, 6) is -16.3. The quantitative estimate of drug-likeness (QED) is 0.0221. The van der Waals surface area contributed by atoms with Gasteiger partial charge in [0.05, 0.1) is 57.7 Å². The number of carbonyl (C=O) groups excluding carboxylic acids is 14. The maximum Gasteiger partial charge on any atom is 0.305 e. The summed E-state index contributed by atoms with van der Waals surface area (Å²) in [4.78, 5) is 213. The first-order valence-corrected chi connectivity index (χ1v) is 32.2. The molecule has 101 heavy (non-hydrogen) atoms. The van der Waals surface area contributed by atoms with Gasteiger partial charge in [0.1, 0.15) is 42.3 Å². The van der Waals surface area contributed by atoms with Crippen LogP contribution in [0.2, 0.25) is 0 Å². The molecule has 0 spiro atoms. The number of nitrogens with one attached hydrogen (secondary N) is 17. The Morgan fingerprint density at radius 2 is 1.02 bits per heavy atom. The van der Waals surface area contributed by atoms with Crippen LogP contribution >= 0.6 is 0 Å². The van der Waals surface area contributed by atoms with E-state index in [0.29, 0.717) is 22.0 Å². The van der Waals surface area contributed by atoms with E-state index in [-0.39, 0.29) is 50.8 Å². The number of primary amides is 1. The number of imidazole rings is 1. The van der Waals surface area contributed by atoms with Crippen molar-refractivity contribution in [3.05, 3.63) is 114 Å². The number of para-hydroxylation sites is 1. The lowest BCUT2D eigenvalue weighted by molar-refractivity contribution is -0.141. The summed E-state index contributed by atoms with van der Waals surface area (Å²) in [7, 11) is 0. The number of H-pyrrole nitrogens is 2. The van der Waals surface area contributed by atoms with E-state index >= 15 is 0 Å². The molecule has 1 saturated heterocycles. The fourth-order valence-electron chi connectivity index (χ4n) is 10.3. The molecule has 6 rings (SSSR count). The molecule has 540 valence electrons. The highest BCUT2D eigenvalue weighted by molar-refractivity contribution is 6.00. The number of amides is 14. The van der Waals surface area contributed by atoms with Crippen LogP contribution in [0.1, 0.15) is 69.2 Å². The minimum absolute atomic E-state index is 0.0640. The highest BCUT2D eigenvalue weighted by Gasteiger charge is 2.36. The summed E-state index contributed by atoms with van der Waals surface area (Å²) >= 11 is 0. The van der Waals surface area contributed by atoms with Crippen molar-refractivity contribution in [2.75, 3.05) is 45.8 Å². The molecule has 1 aliphatic heterocycles.